The lowest BCUT2D eigenvalue weighted by Crippen LogP contribution is -2.31. The summed E-state index contributed by atoms with van der Waals surface area (Å²) in [5, 5.41) is 0. The Kier molecular flexibility index (Phi) is 5.85. The van der Waals surface area contributed by atoms with Gasteiger partial charge in [-0.05, 0) is 19.9 Å². The Morgan fingerprint density at radius 1 is 1.25 bits per heavy atom. The number of rotatable bonds is 7. The van der Waals surface area contributed by atoms with Crippen molar-refractivity contribution in [1.29, 1.82) is 0 Å². The Balaban J connectivity index is 2.81. The third-order valence-electron chi connectivity index (χ3n) is 2.28. The molecule has 0 saturated carbocycles. The largest absolute Gasteiger partial charge is 0.494 e. The van der Waals surface area contributed by atoms with Crippen LogP contribution in [0.4, 0.5) is 0 Å². The van der Waals surface area contributed by atoms with E-state index in [4.69, 9.17) is 15.3 Å². The number of benzene rings is 1. The molecule has 3 N–H and O–H groups in total. The highest BCUT2D eigenvalue weighted by Gasteiger charge is 2.14. The molecule has 0 aliphatic heterocycles. The highest BCUT2D eigenvalue weighted by molar-refractivity contribution is 5.35. The van der Waals surface area contributed by atoms with E-state index in [0.29, 0.717) is 19.8 Å². The van der Waals surface area contributed by atoms with E-state index in [1.54, 1.807) is 0 Å². The van der Waals surface area contributed by atoms with Crippen molar-refractivity contribution in [2.24, 2.45) is 5.84 Å². The first-order valence-corrected chi connectivity index (χ1v) is 5.59. The molecule has 0 radical (unpaired) electrons. The van der Waals surface area contributed by atoms with Crippen LogP contribution in [0.5, 0.6) is 5.75 Å². The van der Waals surface area contributed by atoms with Gasteiger partial charge in [0.25, 0.3) is 0 Å². The zero-order valence-corrected chi connectivity index (χ0v) is 9.90. The standard InChI is InChI=1S/C12H20N2O2/c1-3-15-9-11(14-13)10-7-5-6-8-12(10)16-4-2/h5-8,11,14H,3-4,9,13H2,1-2H3. The van der Waals surface area contributed by atoms with Crippen molar-refractivity contribution in [3.05, 3.63) is 29.8 Å². The zero-order valence-electron chi connectivity index (χ0n) is 9.90. The average molecular weight is 224 g/mol. The van der Waals surface area contributed by atoms with Gasteiger partial charge in [0.2, 0.25) is 0 Å². The topological polar surface area (TPSA) is 56.5 Å². The van der Waals surface area contributed by atoms with Gasteiger partial charge in [-0.25, -0.2) is 0 Å². The number of ether oxygens (including phenoxy) is 2. The van der Waals surface area contributed by atoms with Crippen molar-refractivity contribution >= 4 is 0 Å². The molecule has 4 nitrogen and oxygen atoms in total. The third-order valence-corrected chi connectivity index (χ3v) is 2.28. The lowest BCUT2D eigenvalue weighted by atomic mass is 10.1. The Labute approximate surface area is 96.7 Å². The van der Waals surface area contributed by atoms with Crippen LogP contribution in [0.25, 0.3) is 0 Å². The molecule has 0 aliphatic rings. The second kappa shape index (κ2) is 7.22. The van der Waals surface area contributed by atoms with Crippen LogP contribution in [0.3, 0.4) is 0 Å². The predicted molar refractivity (Wildman–Crippen MR) is 64.2 cm³/mol. The molecular formula is C12H20N2O2. The molecule has 1 atom stereocenters. The second-order valence-corrected chi connectivity index (χ2v) is 3.35. The fourth-order valence-electron chi connectivity index (χ4n) is 1.52. The molecule has 0 fully saturated rings. The summed E-state index contributed by atoms with van der Waals surface area (Å²) in [7, 11) is 0. The van der Waals surface area contributed by atoms with Gasteiger partial charge in [-0.2, -0.15) is 0 Å². The van der Waals surface area contributed by atoms with Gasteiger partial charge in [0.1, 0.15) is 5.75 Å². The van der Waals surface area contributed by atoms with Crippen LogP contribution in [0.2, 0.25) is 0 Å². The molecule has 1 aromatic carbocycles. The normalized spacial score (nSPS) is 12.4. The molecule has 1 rings (SSSR count). The van der Waals surface area contributed by atoms with E-state index >= 15 is 0 Å². The molecule has 0 heterocycles. The van der Waals surface area contributed by atoms with Crippen LogP contribution in [-0.4, -0.2) is 19.8 Å². The van der Waals surface area contributed by atoms with E-state index < -0.39 is 0 Å². The van der Waals surface area contributed by atoms with E-state index in [1.807, 2.05) is 38.1 Å². The highest BCUT2D eigenvalue weighted by atomic mass is 16.5. The number of nitrogens with one attached hydrogen (secondary N) is 1. The third kappa shape index (κ3) is 3.48. The van der Waals surface area contributed by atoms with E-state index in [9.17, 15) is 0 Å². The molecule has 0 saturated heterocycles. The first-order valence-electron chi connectivity index (χ1n) is 5.59. The number of hydrogen-bond donors (Lipinski definition) is 2. The van der Waals surface area contributed by atoms with Crippen LogP contribution >= 0.6 is 0 Å². The first-order chi connectivity index (χ1) is 7.83. The van der Waals surface area contributed by atoms with Crippen molar-refractivity contribution in [2.45, 2.75) is 19.9 Å². The minimum absolute atomic E-state index is 0.0392. The molecule has 1 unspecified atom stereocenters. The molecule has 0 amide bonds. The molecule has 0 spiro atoms. The maximum atomic E-state index is 5.55. The van der Waals surface area contributed by atoms with Crippen molar-refractivity contribution in [2.75, 3.05) is 19.8 Å². The van der Waals surface area contributed by atoms with E-state index in [0.717, 1.165) is 11.3 Å². The van der Waals surface area contributed by atoms with Gasteiger partial charge in [-0.1, -0.05) is 18.2 Å². The number of hydrazine groups is 1. The van der Waals surface area contributed by atoms with Crippen LogP contribution in [0.1, 0.15) is 25.5 Å². The average Bonchev–Trinajstić information content (AvgIpc) is 2.32. The first kappa shape index (κ1) is 13.0. The summed E-state index contributed by atoms with van der Waals surface area (Å²) in [5.74, 6) is 6.38. The van der Waals surface area contributed by atoms with E-state index in [1.165, 1.54) is 0 Å². The molecule has 0 aromatic heterocycles. The van der Waals surface area contributed by atoms with Crippen LogP contribution < -0.4 is 16.0 Å². The van der Waals surface area contributed by atoms with E-state index in [2.05, 4.69) is 5.43 Å². The highest BCUT2D eigenvalue weighted by Crippen LogP contribution is 2.24. The van der Waals surface area contributed by atoms with Crippen LogP contribution in [0, 0.1) is 0 Å². The summed E-state index contributed by atoms with van der Waals surface area (Å²) in [6.45, 7) is 5.78. The Bertz CT molecular complexity index is 305. The summed E-state index contributed by atoms with van der Waals surface area (Å²) in [6.07, 6.45) is 0. The van der Waals surface area contributed by atoms with Gasteiger partial charge >= 0.3 is 0 Å². The number of para-hydroxylation sites is 1. The maximum Gasteiger partial charge on any atom is 0.124 e. The van der Waals surface area contributed by atoms with Crippen molar-refractivity contribution in [3.8, 4) is 5.75 Å². The fourth-order valence-corrected chi connectivity index (χ4v) is 1.52. The van der Waals surface area contributed by atoms with Gasteiger partial charge in [0.05, 0.1) is 19.3 Å². The van der Waals surface area contributed by atoms with Gasteiger partial charge in [-0.15, -0.1) is 0 Å². The van der Waals surface area contributed by atoms with Crippen molar-refractivity contribution in [3.63, 3.8) is 0 Å². The molecule has 16 heavy (non-hydrogen) atoms. The summed E-state index contributed by atoms with van der Waals surface area (Å²) >= 11 is 0. The fraction of sp³-hybridized carbons (Fsp3) is 0.500. The lowest BCUT2D eigenvalue weighted by molar-refractivity contribution is 0.122. The predicted octanol–water partition coefficient (Wildman–Crippen LogP) is 1.63. The van der Waals surface area contributed by atoms with Gasteiger partial charge in [-0.3, -0.25) is 11.3 Å². The Morgan fingerprint density at radius 2 is 2.00 bits per heavy atom. The summed E-state index contributed by atoms with van der Waals surface area (Å²) < 4.78 is 10.9. The second-order valence-electron chi connectivity index (χ2n) is 3.35. The van der Waals surface area contributed by atoms with Crippen molar-refractivity contribution in [1.82, 2.24) is 5.43 Å². The van der Waals surface area contributed by atoms with Gasteiger partial charge in [0, 0.05) is 12.2 Å². The number of nitrogens with two attached hydrogens (primary N) is 1. The number of hydrogen-bond acceptors (Lipinski definition) is 4. The van der Waals surface area contributed by atoms with Crippen molar-refractivity contribution < 1.29 is 9.47 Å². The summed E-state index contributed by atoms with van der Waals surface area (Å²) in [4.78, 5) is 0. The van der Waals surface area contributed by atoms with E-state index in [-0.39, 0.29) is 6.04 Å². The molecule has 1 aromatic rings. The molecule has 90 valence electrons. The lowest BCUT2D eigenvalue weighted by Gasteiger charge is -2.19. The molecule has 0 aliphatic carbocycles. The Morgan fingerprint density at radius 3 is 2.62 bits per heavy atom. The summed E-state index contributed by atoms with van der Waals surface area (Å²) in [6, 6.07) is 7.81. The van der Waals surface area contributed by atoms with Gasteiger partial charge < -0.3 is 9.47 Å². The van der Waals surface area contributed by atoms with Gasteiger partial charge in [0.15, 0.2) is 0 Å². The molecular weight excluding hydrogens is 204 g/mol. The zero-order chi connectivity index (χ0) is 11.8. The SMILES string of the molecule is CCOCC(NN)c1ccccc1OCC. The van der Waals surface area contributed by atoms with Crippen LogP contribution in [0.15, 0.2) is 24.3 Å². The smallest absolute Gasteiger partial charge is 0.124 e. The minimum atomic E-state index is -0.0392. The summed E-state index contributed by atoms with van der Waals surface area (Å²) in [5.41, 5.74) is 3.78. The quantitative estimate of drug-likeness (QED) is 0.546. The maximum absolute atomic E-state index is 5.55. The minimum Gasteiger partial charge on any atom is -0.494 e. The van der Waals surface area contributed by atoms with Crippen LogP contribution in [-0.2, 0) is 4.74 Å². The molecule has 0 bridgehead atoms. The monoisotopic (exact) mass is 224 g/mol. The molecule has 4 heteroatoms. The Hall–Kier alpha value is -1.10.